The second-order valence-corrected chi connectivity index (χ2v) is 9.05. The average molecular weight is 420 g/mol. The van der Waals surface area contributed by atoms with Gasteiger partial charge in [0.25, 0.3) is 5.69 Å². The van der Waals surface area contributed by atoms with Gasteiger partial charge in [-0.25, -0.2) is 8.42 Å². The van der Waals surface area contributed by atoms with E-state index in [1.54, 1.807) is 0 Å². The highest BCUT2D eigenvalue weighted by Crippen LogP contribution is 2.32. The molecule has 156 valence electrons. The van der Waals surface area contributed by atoms with Crippen LogP contribution in [-0.4, -0.2) is 43.9 Å². The topological polar surface area (TPSA) is 102 Å². The molecule has 1 fully saturated rings. The van der Waals surface area contributed by atoms with Crippen LogP contribution < -0.4 is 5.32 Å². The van der Waals surface area contributed by atoms with Crippen molar-refractivity contribution in [3.05, 3.63) is 63.2 Å². The molecule has 1 aliphatic heterocycles. The van der Waals surface area contributed by atoms with Crippen molar-refractivity contribution in [2.24, 2.45) is 0 Å². The fourth-order valence-corrected chi connectivity index (χ4v) is 4.86. The van der Waals surface area contributed by atoms with Crippen molar-refractivity contribution in [2.75, 3.05) is 31.6 Å². The molecule has 0 amide bonds. The zero-order valence-corrected chi connectivity index (χ0v) is 17.5. The summed E-state index contributed by atoms with van der Waals surface area (Å²) in [6.07, 6.45) is 0. The van der Waals surface area contributed by atoms with Crippen molar-refractivity contribution >= 4 is 21.4 Å². The van der Waals surface area contributed by atoms with Crippen molar-refractivity contribution in [1.29, 1.82) is 0 Å². The Hall–Kier alpha value is -2.49. The van der Waals surface area contributed by atoms with Crippen molar-refractivity contribution in [1.82, 2.24) is 4.31 Å². The van der Waals surface area contributed by atoms with Crippen LogP contribution in [0.4, 0.5) is 11.4 Å². The summed E-state index contributed by atoms with van der Waals surface area (Å²) in [4.78, 5) is 11.0. The number of sulfonamides is 1. The van der Waals surface area contributed by atoms with Crippen LogP contribution in [0, 0.1) is 24.0 Å². The average Bonchev–Trinajstić information content (AvgIpc) is 2.70. The van der Waals surface area contributed by atoms with Gasteiger partial charge < -0.3 is 10.1 Å². The molecule has 1 aliphatic rings. The van der Waals surface area contributed by atoms with Crippen LogP contribution in [-0.2, 0) is 14.8 Å². The molecule has 1 N–H and O–H groups in total. The van der Waals surface area contributed by atoms with Gasteiger partial charge in [-0.3, -0.25) is 10.1 Å². The molecule has 0 aliphatic carbocycles. The molecule has 0 aromatic heterocycles. The van der Waals surface area contributed by atoms with Crippen molar-refractivity contribution < 1.29 is 18.1 Å². The number of nitrogens with one attached hydrogen (secondary N) is 1. The first-order valence-corrected chi connectivity index (χ1v) is 10.8. The maximum Gasteiger partial charge on any atom is 0.293 e. The summed E-state index contributed by atoms with van der Waals surface area (Å²) in [5.74, 6) is 0. The quantitative estimate of drug-likeness (QED) is 0.569. The van der Waals surface area contributed by atoms with Gasteiger partial charge in [-0.2, -0.15) is 4.31 Å². The number of ether oxygens (including phenoxy) is 1. The van der Waals surface area contributed by atoms with E-state index in [1.165, 1.54) is 16.4 Å². The van der Waals surface area contributed by atoms with E-state index in [9.17, 15) is 18.5 Å². The monoisotopic (exact) mass is 419 g/mol. The van der Waals surface area contributed by atoms with Crippen molar-refractivity contribution in [3.63, 3.8) is 0 Å². The Kier molecular flexibility index (Phi) is 6.21. The SMILES string of the molecule is Cc1cccc(C(C)Nc2ccc(S(=O)(=O)N3CCOCC3)cc2[N+](=O)[O-])c1C. The molecule has 0 radical (unpaired) electrons. The minimum Gasteiger partial charge on any atom is -0.379 e. The molecule has 1 unspecified atom stereocenters. The molecule has 0 saturated carbocycles. The Morgan fingerprint density at radius 1 is 1.17 bits per heavy atom. The summed E-state index contributed by atoms with van der Waals surface area (Å²) in [6.45, 7) is 7.04. The van der Waals surface area contributed by atoms with E-state index < -0.39 is 14.9 Å². The van der Waals surface area contributed by atoms with Gasteiger partial charge >= 0.3 is 0 Å². The smallest absolute Gasteiger partial charge is 0.293 e. The van der Waals surface area contributed by atoms with Gasteiger partial charge in [-0.15, -0.1) is 0 Å². The zero-order chi connectivity index (χ0) is 21.2. The van der Waals surface area contributed by atoms with Gasteiger partial charge in [0, 0.05) is 25.2 Å². The first-order valence-electron chi connectivity index (χ1n) is 9.41. The number of aryl methyl sites for hydroxylation is 1. The van der Waals surface area contributed by atoms with E-state index in [4.69, 9.17) is 4.74 Å². The first-order chi connectivity index (χ1) is 13.7. The third kappa shape index (κ3) is 4.42. The largest absolute Gasteiger partial charge is 0.379 e. The minimum atomic E-state index is -3.81. The number of benzene rings is 2. The Morgan fingerprint density at radius 2 is 1.86 bits per heavy atom. The number of nitrogens with zero attached hydrogens (tertiary/aromatic N) is 2. The maximum absolute atomic E-state index is 12.8. The highest BCUT2D eigenvalue weighted by Gasteiger charge is 2.29. The fourth-order valence-electron chi connectivity index (χ4n) is 3.43. The number of nitro benzene ring substituents is 1. The molecule has 9 heteroatoms. The summed E-state index contributed by atoms with van der Waals surface area (Å²) < 4.78 is 32.1. The zero-order valence-electron chi connectivity index (χ0n) is 16.7. The molecular weight excluding hydrogens is 394 g/mol. The third-order valence-electron chi connectivity index (χ3n) is 5.26. The second-order valence-electron chi connectivity index (χ2n) is 7.11. The fraction of sp³-hybridized carbons (Fsp3) is 0.400. The van der Waals surface area contributed by atoms with Crippen LogP contribution >= 0.6 is 0 Å². The van der Waals surface area contributed by atoms with Gasteiger partial charge in [0.1, 0.15) is 5.69 Å². The summed E-state index contributed by atoms with van der Waals surface area (Å²) in [5.41, 5.74) is 3.30. The molecule has 0 spiro atoms. The van der Waals surface area contributed by atoms with Crippen LogP contribution in [0.5, 0.6) is 0 Å². The third-order valence-corrected chi connectivity index (χ3v) is 7.15. The number of hydrogen-bond donors (Lipinski definition) is 1. The van der Waals surface area contributed by atoms with Crippen LogP contribution in [0.3, 0.4) is 0 Å². The molecular formula is C20H25N3O5S. The lowest BCUT2D eigenvalue weighted by Gasteiger charge is -2.26. The van der Waals surface area contributed by atoms with Gasteiger partial charge in [-0.1, -0.05) is 18.2 Å². The highest BCUT2D eigenvalue weighted by molar-refractivity contribution is 7.89. The lowest BCUT2D eigenvalue weighted by atomic mass is 9.98. The highest BCUT2D eigenvalue weighted by atomic mass is 32.2. The number of rotatable bonds is 6. The van der Waals surface area contributed by atoms with Gasteiger partial charge in [0.15, 0.2) is 0 Å². The standard InChI is InChI=1S/C20H25N3O5S/c1-14-5-4-6-18(15(14)2)16(3)21-19-8-7-17(13-20(19)23(24)25)29(26,27)22-9-11-28-12-10-22/h4-8,13,16,21H,9-12H2,1-3H3. The predicted octanol–water partition coefficient (Wildman–Crippen LogP) is 3.41. The van der Waals surface area contributed by atoms with Crippen molar-refractivity contribution in [2.45, 2.75) is 31.7 Å². The van der Waals surface area contributed by atoms with E-state index in [0.29, 0.717) is 13.2 Å². The van der Waals surface area contributed by atoms with E-state index >= 15 is 0 Å². The molecule has 2 aromatic rings. The maximum atomic E-state index is 12.8. The first kappa shape index (κ1) is 21.2. The van der Waals surface area contributed by atoms with Crippen LogP contribution in [0.1, 0.15) is 29.7 Å². The van der Waals surface area contributed by atoms with Crippen molar-refractivity contribution in [3.8, 4) is 0 Å². The number of morpholine rings is 1. The summed E-state index contributed by atoms with van der Waals surface area (Å²) >= 11 is 0. The molecule has 0 bridgehead atoms. The van der Waals surface area contributed by atoms with Gasteiger partial charge in [-0.05, 0) is 49.6 Å². The molecule has 1 saturated heterocycles. The van der Waals surface area contributed by atoms with Crippen LogP contribution in [0.15, 0.2) is 41.3 Å². The normalized spacial score (nSPS) is 16.4. The molecule has 1 heterocycles. The van der Waals surface area contributed by atoms with Gasteiger partial charge in [0.2, 0.25) is 10.0 Å². The Balaban J connectivity index is 1.92. The summed E-state index contributed by atoms with van der Waals surface area (Å²) in [7, 11) is -3.81. The Labute approximate surface area is 170 Å². The van der Waals surface area contributed by atoms with E-state index in [2.05, 4.69) is 5.32 Å². The predicted molar refractivity (Wildman–Crippen MR) is 111 cm³/mol. The lowest BCUT2D eigenvalue weighted by Crippen LogP contribution is -2.40. The molecule has 8 nitrogen and oxygen atoms in total. The molecule has 3 rings (SSSR count). The Morgan fingerprint density at radius 3 is 2.52 bits per heavy atom. The molecule has 2 aromatic carbocycles. The van der Waals surface area contributed by atoms with E-state index in [-0.39, 0.29) is 35.4 Å². The summed E-state index contributed by atoms with van der Waals surface area (Å²) in [6, 6.07) is 9.76. The van der Waals surface area contributed by atoms with E-state index in [0.717, 1.165) is 22.8 Å². The summed E-state index contributed by atoms with van der Waals surface area (Å²) in [5, 5.41) is 14.8. The number of anilines is 1. The number of hydrogen-bond acceptors (Lipinski definition) is 6. The van der Waals surface area contributed by atoms with Crippen LogP contribution in [0.25, 0.3) is 0 Å². The lowest BCUT2D eigenvalue weighted by molar-refractivity contribution is -0.384. The number of nitro groups is 1. The van der Waals surface area contributed by atoms with Crippen LogP contribution in [0.2, 0.25) is 0 Å². The molecule has 1 atom stereocenters. The minimum absolute atomic E-state index is 0.0870. The second kappa shape index (κ2) is 8.48. The van der Waals surface area contributed by atoms with E-state index in [1.807, 2.05) is 39.0 Å². The Bertz CT molecular complexity index is 1020. The van der Waals surface area contributed by atoms with Gasteiger partial charge in [0.05, 0.1) is 23.0 Å². The molecule has 29 heavy (non-hydrogen) atoms.